The van der Waals surface area contributed by atoms with Crippen molar-refractivity contribution < 1.29 is 4.79 Å². The second-order valence-corrected chi connectivity index (χ2v) is 5.39. The first-order valence-corrected chi connectivity index (χ1v) is 6.88. The van der Waals surface area contributed by atoms with Crippen molar-refractivity contribution in [2.24, 2.45) is 0 Å². The number of carbonyl (C=O) groups excluding carboxylic acids is 1. The molecule has 0 bridgehead atoms. The molecule has 0 heterocycles. The monoisotopic (exact) mass is 266 g/mol. The van der Waals surface area contributed by atoms with Gasteiger partial charge in [-0.2, -0.15) is 0 Å². The predicted molar refractivity (Wildman–Crippen MR) is 80.7 cm³/mol. The molecule has 0 radical (unpaired) electrons. The number of hydrogen-bond acceptors (Lipinski definition) is 2. The molecule has 0 aliphatic heterocycles. The average molecular weight is 266 g/mol. The Morgan fingerprint density at radius 3 is 2.35 bits per heavy atom. The second-order valence-electron chi connectivity index (χ2n) is 5.39. The highest BCUT2D eigenvalue weighted by Crippen LogP contribution is 2.23. The average Bonchev–Trinajstić information content (AvgIpc) is 2.80. The van der Waals surface area contributed by atoms with Crippen molar-refractivity contribution >= 4 is 11.6 Å². The lowest BCUT2D eigenvalue weighted by Crippen LogP contribution is -2.36. The number of benzene rings is 2. The minimum Gasteiger partial charge on any atom is -0.398 e. The Labute approximate surface area is 118 Å². The summed E-state index contributed by atoms with van der Waals surface area (Å²) >= 11 is 0. The van der Waals surface area contributed by atoms with E-state index in [0.29, 0.717) is 11.3 Å². The van der Waals surface area contributed by atoms with Crippen LogP contribution < -0.4 is 11.1 Å². The molecule has 3 nitrogen and oxygen atoms in total. The molecule has 102 valence electrons. The molecule has 1 aliphatic rings. The Balaban J connectivity index is 1.76. The Morgan fingerprint density at radius 1 is 1.10 bits per heavy atom. The fraction of sp³-hybridized carbons (Fsp3) is 0.235. The van der Waals surface area contributed by atoms with E-state index < -0.39 is 0 Å². The van der Waals surface area contributed by atoms with Gasteiger partial charge in [0.1, 0.15) is 0 Å². The second kappa shape index (κ2) is 5.00. The van der Waals surface area contributed by atoms with Crippen molar-refractivity contribution in [3.8, 4) is 0 Å². The number of nitrogens with two attached hydrogens (primary N) is 1. The van der Waals surface area contributed by atoms with Gasteiger partial charge >= 0.3 is 0 Å². The molecule has 0 atom stereocenters. The first-order chi connectivity index (χ1) is 9.65. The number of carbonyl (C=O) groups is 1. The topological polar surface area (TPSA) is 55.1 Å². The maximum atomic E-state index is 12.4. The lowest BCUT2D eigenvalue weighted by molar-refractivity contribution is 0.0939. The van der Waals surface area contributed by atoms with E-state index in [9.17, 15) is 4.79 Å². The highest BCUT2D eigenvalue weighted by molar-refractivity contribution is 6.00. The fourth-order valence-electron chi connectivity index (χ4n) is 2.92. The van der Waals surface area contributed by atoms with Crippen LogP contribution in [0.2, 0.25) is 0 Å². The number of aryl methyl sites for hydroxylation is 1. The molecule has 0 saturated carbocycles. The third kappa shape index (κ3) is 2.27. The summed E-state index contributed by atoms with van der Waals surface area (Å²) in [5.74, 6) is -0.0709. The van der Waals surface area contributed by atoms with Gasteiger partial charge in [-0.25, -0.2) is 0 Å². The molecule has 0 unspecified atom stereocenters. The van der Waals surface area contributed by atoms with Gasteiger partial charge in [-0.15, -0.1) is 0 Å². The van der Waals surface area contributed by atoms with Crippen molar-refractivity contribution in [3.63, 3.8) is 0 Å². The molecule has 2 aromatic carbocycles. The van der Waals surface area contributed by atoms with Crippen LogP contribution in [-0.2, 0) is 12.8 Å². The van der Waals surface area contributed by atoms with Crippen LogP contribution in [0.15, 0.2) is 42.5 Å². The fourth-order valence-corrected chi connectivity index (χ4v) is 2.92. The Morgan fingerprint density at radius 2 is 1.75 bits per heavy atom. The van der Waals surface area contributed by atoms with Crippen LogP contribution >= 0.6 is 0 Å². The Hall–Kier alpha value is -2.29. The molecule has 0 spiro atoms. The molecule has 3 N–H and O–H groups in total. The number of fused-ring (bicyclic) bond motifs is 1. The van der Waals surface area contributed by atoms with Crippen molar-refractivity contribution in [2.75, 3.05) is 5.73 Å². The lowest BCUT2D eigenvalue weighted by Gasteiger charge is -2.14. The zero-order valence-electron chi connectivity index (χ0n) is 11.5. The maximum absolute atomic E-state index is 12.4. The van der Waals surface area contributed by atoms with Gasteiger partial charge in [0.25, 0.3) is 5.91 Å². The normalized spacial score (nSPS) is 14.1. The molecular weight excluding hydrogens is 248 g/mol. The summed E-state index contributed by atoms with van der Waals surface area (Å²) in [7, 11) is 0. The number of anilines is 1. The van der Waals surface area contributed by atoms with E-state index >= 15 is 0 Å². The molecule has 0 fully saturated rings. The molecule has 1 aliphatic carbocycles. The SMILES string of the molecule is Cc1cccc(N)c1C(=O)NC1Cc2ccccc2C1. The van der Waals surface area contributed by atoms with E-state index in [-0.39, 0.29) is 11.9 Å². The van der Waals surface area contributed by atoms with Gasteiger partial charge in [0.05, 0.1) is 5.56 Å². The zero-order chi connectivity index (χ0) is 14.1. The maximum Gasteiger partial charge on any atom is 0.253 e. The van der Waals surface area contributed by atoms with Crippen LogP contribution in [0.5, 0.6) is 0 Å². The molecule has 3 rings (SSSR count). The number of nitrogens with one attached hydrogen (secondary N) is 1. The van der Waals surface area contributed by atoms with Crippen LogP contribution in [-0.4, -0.2) is 11.9 Å². The minimum absolute atomic E-state index is 0.0709. The van der Waals surface area contributed by atoms with Gasteiger partial charge in [-0.05, 0) is 42.5 Å². The van der Waals surface area contributed by atoms with E-state index in [2.05, 4.69) is 17.4 Å². The molecule has 3 heteroatoms. The van der Waals surface area contributed by atoms with Crippen molar-refractivity contribution in [3.05, 3.63) is 64.7 Å². The molecule has 1 amide bonds. The summed E-state index contributed by atoms with van der Waals surface area (Å²) < 4.78 is 0. The summed E-state index contributed by atoms with van der Waals surface area (Å²) in [5.41, 5.74) is 10.6. The van der Waals surface area contributed by atoms with Gasteiger partial charge < -0.3 is 11.1 Å². The Kier molecular flexibility index (Phi) is 3.18. The molecule has 0 aromatic heterocycles. The quantitative estimate of drug-likeness (QED) is 0.820. The van der Waals surface area contributed by atoms with E-state index in [1.165, 1.54) is 11.1 Å². The van der Waals surface area contributed by atoms with Crippen LogP contribution in [0.3, 0.4) is 0 Å². The lowest BCUT2D eigenvalue weighted by atomic mass is 10.1. The van der Waals surface area contributed by atoms with E-state index in [0.717, 1.165) is 18.4 Å². The standard InChI is InChI=1S/C17H18N2O/c1-11-5-4-8-15(18)16(11)17(20)19-14-9-12-6-2-3-7-13(12)10-14/h2-8,14H,9-10,18H2,1H3,(H,19,20). The third-order valence-corrected chi connectivity index (χ3v) is 3.92. The molecular formula is C17H18N2O. The van der Waals surface area contributed by atoms with Crippen LogP contribution in [0, 0.1) is 6.92 Å². The van der Waals surface area contributed by atoms with Gasteiger partial charge in [-0.1, -0.05) is 36.4 Å². The van der Waals surface area contributed by atoms with Gasteiger partial charge in [0.15, 0.2) is 0 Å². The summed E-state index contributed by atoms with van der Waals surface area (Å²) in [6.45, 7) is 1.91. The molecule has 0 saturated heterocycles. The Bertz CT molecular complexity index is 619. The van der Waals surface area contributed by atoms with Crippen LogP contribution in [0.4, 0.5) is 5.69 Å². The van der Waals surface area contributed by atoms with Crippen molar-refractivity contribution in [2.45, 2.75) is 25.8 Å². The molecule has 2 aromatic rings. The van der Waals surface area contributed by atoms with Crippen LogP contribution in [0.1, 0.15) is 27.0 Å². The number of nitrogen functional groups attached to an aromatic ring is 1. The predicted octanol–water partition coefficient (Wildman–Crippen LogP) is 2.47. The highest BCUT2D eigenvalue weighted by atomic mass is 16.1. The van der Waals surface area contributed by atoms with E-state index in [1.807, 2.05) is 31.2 Å². The third-order valence-electron chi connectivity index (χ3n) is 3.92. The summed E-state index contributed by atoms with van der Waals surface area (Å²) in [6.07, 6.45) is 1.79. The number of hydrogen-bond donors (Lipinski definition) is 2. The van der Waals surface area contributed by atoms with Crippen LogP contribution in [0.25, 0.3) is 0 Å². The molecule has 20 heavy (non-hydrogen) atoms. The first kappa shape index (κ1) is 12.7. The van der Waals surface area contributed by atoms with E-state index in [1.54, 1.807) is 6.07 Å². The zero-order valence-corrected chi connectivity index (χ0v) is 11.5. The largest absolute Gasteiger partial charge is 0.398 e. The van der Waals surface area contributed by atoms with Crippen molar-refractivity contribution in [1.82, 2.24) is 5.32 Å². The minimum atomic E-state index is -0.0709. The van der Waals surface area contributed by atoms with Crippen molar-refractivity contribution in [1.29, 1.82) is 0 Å². The first-order valence-electron chi connectivity index (χ1n) is 6.88. The highest BCUT2D eigenvalue weighted by Gasteiger charge is 2.23. The summed E-state index contributed by atoms with van der Waals surface area (Å²) in [5, 5.41) is 3.10. The summed E-state index contributed by atoms with van der Waals surface area (Å²) in [4.78, 5) is 12.4. The van der Waals surface area contributed by atoms with Gasteiger partial charge in [-0.3, -0.25) is 4.79 Å². The number of rotatable bonds is 2. The number of amides is 1. The summed E-state index contributed by atoms with van der Waals surface area (Å²) in [6, 6.07) is 14.1. The van der Waals surface area contributed by atoms with E-state index in [4.69, 9.17) is 5.73 Å². The smallest absolute Gasteiger partial charge is 0.253 e. The van der Waals surface area contributed by atoms with Gasteiger partial charge in [0.2, 0.25) is 0 Å². The van der Waals surface area contributed by atoms with Gasteiger partial charge in [0, 0.05) is 11.7 Å².